The molecule has 0 saturated carbocycles. The first kappa shape index (κ1) is 15.2. The van der Waals surface area contributed by atoms with Crippen LogP contribution in [-0.2, 0) is 9.53 Å². The molecule has 0 spiro atoms. The maximum Gasteiger partial charge on any atom is 0.331 e. The highest BCUT2D eigenvalue weighted by Gasteiger charge is 2.33. The van der Waals surface area contributed by atoms with Gasteiger partial charge in [0, 0.05) is 5.69 Å². The molecular formula is C15H20FNO2. The van der Waals surface area contributed by atoms with E-state index in [1.807, 2.05) is 0 Å². The Labute approximate surface area is 113 Å². The maximum absolute atomic E-state index is 13.4. The quantitative estimate of drug-likeness (QED) is 0.632. The Morgan fingerprint density at radius 2 is 2.21 bits per heavy atom. The summed E-state index contributed by atoms with van der Waals surface area (Å²) in [6, 6.07) is 4.59. The molecule has 3 nitrogen and oxygen atoms in total. The third kappa shape index (κ3) is 4.09. The molecule has 0 aliphatic carbocycles. The lowest BCUT2D eigenvalue weighted by molar-refractivity contribution is -0.145. The lowest BCUT2D eigenvalue weighted by Gasteiger charge is -2.29. The van der Waals surface area contributed by atoms with E-state index in [-0.39, 0.29) is 11.8 Å². The highest BCUT2D eigenvalue weighted by molar-refractivity contribution is 5.84. The predicted molar refractivity (Wildman–Crippen MR) is 74.6 cm³/mol. The number of esters is 1. The summed E-state index contributed by atoms with van der Waals surface area (Å²) in [5.74, 6) is -0.713. The van der Waals surface area contributed by atoms with E-state index in [0.29, 0.717) is 18.5 Å². The lowest BCUT2D eigenvalue weighted by Crippen LogP contribution is -2.44. The minimum absolute atomic E-state index is 0.335. The number of benzene rings is 1. The number of hydrogen-bond donors (Lipinski definition) is 1. The molecular weight excluding hydrogens is 245 g/mol. The summed E-state index contributed by atoms with van der Waals surface area (Å²) in [7, 11) is 1.34. The molecule has 1 N–H and O–H groups in total. The zero-order valence-electron chi connectivity index (χ0n) is 11.6. The molecule has 0 aliphatic rings. The number of halogens is 1. The van der Waals surface area contributed by atoms with Gasteiger partial charge in [-0.3, -0.25) is 0 Å². The average molecular weight is 265 g/mol. The number of aryl methyl sites for hydroxylation is 1. The van der Waals surface area contributed by atoms with Gasteiger partial charge in [-0.1, -0.05) is 6.08 Å². The molecule has 0 radical (unpaired) electrons. The Bertz CT molecular complexity index is 453. The SMILES string of the molecule is C=CCCC(C)(Nc1cc(C)cc(F)c1)C(=O)OC. The van der Waals surface area contributed by atoms with Gasteiger partial charge in [0.1, 0.15) is 11.4 Å². The number of allylic oxidation sites excluding steroid dienone is 1. The lowest BCUT2D eigenvalue weighted by atomic mass is 9.95. The van der Waals surface area contributed by atoms with Gasteiger partial charge in [-0.25, -0.2) is 9.18 Å². The van der Waals surface area contributed by atoms with E-state index < -0.39 is 5.54 Å². The van der Waals surface area contributed by atoms with E-state index in [4.69, 9.17) is 4.74 Å². The van der Waals surface area contributed by atoms with E-state index in [9.17, 15) is 9.18 Å². The van der Waals surface area contributed by atoms with Crippen molar-refractivity contribution in [3.63, 3.8) is 0 Å². The standard InChI is InChI=1S/C15H20FNO2/c1-5-6-7-15(3,14(18)19-4)17-13-9-11(2)8-12(16)10-13/h5,8-10,17H,1,6-7H2,2-4H3. The van der Waals surface area contributed by atoms with E-state index in [1.54, 1.807) is 26.0 Å². The number of carbonyl (C=O) groups is 1. The Balaban J connectivity index is 2.99. The van der Waals surface area contributed by atoms with Crippen molar-refractivity contribution >= 4 is 11.7 Å². The van der Waals surface area contributed by atoms with Crippen molar-refractivity contribution in [2.75, 3.05) is 12.4 Å². The van der Waals surface area contributed by atoms with Gasteiger partial charge in [0.05, 0.1) is 7.11 Å². The Hall–Kier alpha value is -1.84. The molecule has 0 heterocycles. The first-order valence-electron chi connectivity index (χ1n) is 6.16. The summed E-state index contributed by atoms with van der Waals surface area (Å²) >= 11 is 0. The van der Waals surface area contributed by atoms with Gasteiger partial charge in [-0.05, 0) is 50.5 Å². The van der Waals surface area contributed by atoms with Crippen LogP contribution in [0.15, 0.2) is 30.9 Å². The monoisotopic (exact) mass is 265 g/mol. The molecule has 0 aromatic heterocycles. The van der Waals surface area contributed by atoms with E-state index >= 15 is 0 Å². The van der Waals surface area contributed by atoms with Crippen molar-refractivity contribution in [1.29, 1.82) is 0 Å². The van der Waals surface area contributed by atoms with Crippen LogP contribution in [0.3, 0.4) is 0 Å². The molecule has 19 heavy (non-hydrogen) atoms. The number of nitrogens with one attached hydrogen (secondary N) is 1. The fraction of sp³-hybridized carbons (Fsp3) is 0.400. The molecule has 1 unspecified atom stereocenters. The molecule has 1 atom stereocenters. The van der Waals surface area contributed by atoms with Gasteiger partial charge in [-0.2, -0.15) is 0 Å². The number of methoxy groups -OCH3 is 1. The first-order valence-corrected chi connectivity index (χ1v) is 6.16. The molecule has 4 heteroatoms. The van der Waals surface area contributed by atoms with Crippen molar-refractivity contribution in [1.82, 2.24) is 0 Å². The van der Waals surface area contributed by atoms with Crippen molar-refractivity contribution in [2.45, 2.75) is 32.2 Å². The van der Waals surface area contributed by atoms with Crippen LogP contribution in [0.1, 0.15) is 25.3 Å². The normalized spacial score (nSPS) is 13.5. The summed E-state index contributed by atoms with van der Waals surface area (Å²) in [4.78, 5) is 11.9. The number of hydrogen-bond acceptors (Lipinski definition) is 3. The van der Waals surface area contributed by atoms with Crippen molar-refractivity contribution in [3.8, 4) is 0 Å². The Kier molecular flexibility index (Phi) is 5.10. The minimum atomic E-state index is -0.900. The molecule has 1 aromatic rings. The van der Waals surface area contributed by atoms with Crippen LogP contribution in [-0.4, -0.2) is 18.6 Å². The second kappa shape index (κ2) is 6.36. The van der Waals surface area contributed by atoms with Gasteiger partial charge < -0.3 is 10.1 Å². The fourth-order valence-corrected chi connectivity index (χ4v) is 1.96. The largest absolute Gasteiger partial charge is 0.467 e. The van der Waals surface area contributed by atoms with E-state index in [2.05, 4.69) is 11.9 Å². The van der Waals surface area contributed by atoms with Gasteiger partial charge in [0.2, 0.25) is 0 Å². The van der Waals surface area contributed by atoms with Crippen LogP contribution in [0.4, 0.5) is 10.1 Å². The molecule has 0 amide bonds. The second-order valence-electron chi connectivity index (χ2n) is 4.79. The molecule has 0 fully saturated rings. The Morgan fingerprint density at radius 3 is 2.74 bits per heavy atom. The van der Waals surface area contributed by atoms with Gasteiger partial charge >= 0.3 is 5.97 Å². The first-order chi connectivity index (χ1) is 8.91. The molecule has 0 bridgehead atoms. The summed E-state index contributed by atoms with van der Waals surface area (Å²) in [5, 5.41) is 3.06. The second-order valence-corrected chi connectivity index (χ2v) is 4.79. The van der Waals surface area contributed by atoms with Crippen LogP contribution < -0.4 is 5.32 Å². The maximum atomic E-state index is 13.4. The molecule has 0 saturated heterocycles. The zero-order valence-corrected chi connectivity index (χ0v) is 11.6. The van der Waals surface area contributed by atoms with E-state index in [1.165, 1.54) is 19.2 Å². The van der Waals surface area contributed by atoms with Crippen molar-refractivity contribution in [3.05, 3.63) is 42.2 Å². The average Bonchev–Trinajstić information content (AvgIpc) is 2.34. The predicted octanol–water partition coefficient (Wildman–Crippen LogP) is 3.44. The van der Waals surface area contributed by atoms with Gasteiger partial charge in [0.15, 0.2) is 0 Å². The fourth-order valence-electron chi connectivity index (χ4n) is 1.96. The summed E-state index contributed by atoms with van der Waals surface area (Å²) in [5.41, 5.74) is 0.455. The highest BCUT2D eigenvalue weighted by Crippen LogP contribution is 2.23. The van der Waals surface area contributed by atoms with Gasteiger partial charge in [-0.15, -0.1) is 6.58 Å². The van der Waals surface area contributed by atoms with Crippen LogP contribution in [0.2, 0.25) is 0 Å². The highest BCUT2D eigenvalue weighted by atomic mass is 19.1. The van der Waals surface area contributed by atoms with Crippen LogP contribution in [0.5, 0.6) is 0 Å². The smallest absolute Gasteiger partial charge is 0.331 e. The van der Waals surface area contributed by atoms with Crippen LogP contribution >= 0.6 is 0 Å². The van der Waals surface area contributed by atoms with Crippen molar-refractivity contribution < 1.29 is 13.9 Å². The van der Waals surface area contributed by atoms with Crippen LogP contribution in [0.25, 0.3) is 0 Å². The molecule has 104 valence electrons. The Morgan fingerprint density at radius 1 is 1.53 bits per heavy atom. The summed E-state index contributed by atoms with van der Waals surface area (Å²) in [6.45, 7) is 7.18. The minimum Gasteiger partial charge on any atom is -0.467 e. The molecule has 0 aliphatic heterocycles. The van der Waals surface area contributed by atoms with Gasteiger partial charge in [0.25, 0.3) is 0 Å². The third-order valence-electron chi connectivity index (χ3n) is 2.95. The number of ether oxygens (including phenoxy) is 1. The third-order valence-corrected chi connectivity index (χ3v) is 2.95. The topological polar surface area (TPSA) is 38.3 Å². The zero-order chi connectivity index (χ0) is 14.5. The molecule has 1 rings (SSSR count). The number of anilines is 1. The van der Waals surface area contributed by atoms with E-state index in [0.717, 1.165) is 5.56 Å². The molecule has 1 aromatic carbocycles. The summed E-state index contributed by atoms with van der Waals surface area (Å²) in [6.07, 6.45) is 2.92. The van der Waals surface area contributed by atoms with Crippen molar-refractivity contribution in [2.24, 2.45) is 0 Å². The number of rotatable bonds is 6. The van der Waals surface area contributed by atoms with Crippen LogP contribution in [0, 0.1) is 12.7 Å². The number of carbonyl (C=O) groups excluding carboxylic acids is 1. The summed E-state index contributed by atoms with van der Waals surface area (Å²) < 4.78 is 18.2.